The van der Waals surface area contributed by atoms with Crippen molar-refractivity contribution < 1.29 is 22.8 Å². The van der Waals surface area contributed by atoms with Gasteiger partial charge in [0, 0.05) is 25.3 Å². The van der Waals surface area contributed by atoms with Gasteiger partial charge in [-0.3, -0.25) is 4.79 Å². The Bertz CT molecular complexity index is 1120. The van der Waals surface area contributed by atoms with Gasteiger partial charge >= 0.3 is 12.1 Å². The van der Waals surface area contributed by atoms with E-state index < -0.39 is 22.1 Å². The zero-order valence-electron chi connectivity index (χ0n) is 18.8. The van der Waals surface area contributed by atoms with Gasteiger partial charge in [0.05, 0.1) is 16.2 Å². The number of hydrogen-bond acceptors (Lipinski definition) is 6. The molecule has 1 aliphatic carbocycles. The fraction of sp³-hybridized carbons (Fsp3) is 0.435. The predicted molar refractivity (Wildman–Crippen MR) is 125 cm³/mol. The Hall–Kier alpha value is -3.34. The first-order chi connectivity index (χ1) is 16.3. The summed E-state index contributed by atoms with van der Waals surface area (Å²) in [5, 5.41) is 8.53. The van der Waals surface area contributed by atoms with Crippen LogP contribution >= 0.6 is 0 Å². The molecule has 4 N–H and O–H groups in total. The van der Waals surface area contributed by atoms with E-state index in [1.54, 1.807) is 12.1 Å². The molecule has 1 aromatic carbocycles. The molecule has 0 aromatic heterocycles. The summed E-state index contributed by atoms with van der Waals surface area (Å²) in [5.74, 6) is -0.353. The van der Waals surface area contributed by atoms with Gasteiger partial charge in [-0.2, -0.15) is 0 Å². The molecule has 1 aromatic rings. The van der Waals surface area contributed by atoms with Crippen LogP contribution in [-0.4, -0.2) is 50.4 Å². The van der Waals surface area contributed by atoms with Crippen LogP contribution in [0.2, 0.25) is 0 Å². The van der Waals surface area contributed by atoms with Gasteiger partial charge in [-0.25, -0.2) is 27.6 Å². The highest BCUT2D eigenvalue weighted by Crippen LogP contribution is 2.23. The summed E-state index contributed by atoms with van der Waals surface area (Å²) in [6.07, 6.45) is 9.41. The predicted octanol–water partition coefficient (Wildman–Crippen LogP) is 1.86. The first-order valence-corrected chi connectivity index (χ1v) is 13.0. The van der Waals surface area contributed by atoms with Crippen LogP contribution < -0.4 is 20.7 Å². The molecular formula is C23H29N5O5S. The Labute approximate surface area is 198 Å². The van der Waals surface area contributed by atoms with E-state index >= 15 is 0 Å². The summed E-state index contributed by atoms with van der Waals surface area (Å²) in [6, 6.07) is 4.89. The van der Waals surface area contributed by atoms with Crippen LogP contribution in [0, 0.1) is 0 Å². The van der Waals surface area contributed by atoms with Crippen molar-refractivity contribution in [1.82, 2.24) is 25.6 Å². The fourth-order valence-corrected chi connectivity index (χ4v) is 5.21. The zero-order chi connectivity index (χ0) is 24.1. The van der Waals surface area contributed by atoms with E-state index in [2.05, 4.69) is 20.7 Å². The molecule has 5 amide bonds. The normalized spacial score (nSPS) is 18.4. The molecule has 0 spiro atoms. The molecule has 10 nitrogen and oxygen atoms in total. The largest absolute Gasteiger partial charge is 0.383 e. The first kappa shape index (κ1) is 23.8. The molecule has 4 rings (SSSR count). The van der Waals surface area contributed by atoms with Crippen molar-refractivity contribution in [2.45, 2.75) is 55.9 Å². The van der Waals surface area contributed by atoms with Crippen molar-refractivity contribution in [2.75, 3.05) is 13.1 Å². The van der Waals surface area contributed by atoms with Crippen LogP contribution in [0.5, 0.6) is 0 Å². The third-order valence-electron chi connectivity index (χ3n) is 6.12. The molecular weight excluding hydrogens is 458 g/mol. The standard InChI is InChI=1S/C23H29N5O5S/c29-21-19-7-4-13-24-20(19)15-28(21)23(31)25-14-12-16-8-10-18(11-9-16)34(32,33)27-22(30)26-17-5-2-1-3-6-17/h7-11,15,17,24H,1-6,12-14H2,(H,25,31)(H2,26,27,30). The molecule has 2 aliphatic heterocycles. The summed E-state index contributed by atoms with van der Waals surface area (Å²) in [4.78, 5) is 37.9. The molecule has 182 valence electrons. The molecule has 0 bridgehead atoms. The van der Waals surface area contributed by atoms with Crippen LogP contribution in [0.3, 0.4) is 0 Å². The molecule has 34 heavy (non-hydrogen) atoms. The van der Waals surface area contributed by atoms with Crippen molar-refractivity contribution in [3.8, 4) is 0 Å². The van der Waals surface area contributed by atoms with E-state index in [1.165, 1.54) is 18.3 Å². The van der Waals surface area contributed by atoms with E-state index in [1.807, 2.05) is 6.08 Å². The van der Waals surface area contributed by atoms with Gasteiger partial charge in [0.25, 0.3) is 15.9 Å². The number of sulfonamides is 1. The second-order valence-electron chi connectivity index (χ2n) is 8.59. The zero-order valence-corrected chi connectivity index (χ0v) is 19.6. The highest BCUT2D eigenvalue weighted by Gasteiger charge is 2.33. The molecule has 2 heterocycles. The number of carbonyl (C=O) groups excluding carboxylic acids is 3. The molecule has 1 saturated carbocycles. The van der Waals surface area contributed by atoms with Crippen molar-refractivity contribution >= 4 is 28.0 Å². The maximum Gasteiger partial charge on any atom is 0.328 e. The molecule has 0 unspecified atom stereocenters. The van der Waals surface area contributed by atoms with Crippen LogP contribution in [0.25, 0.3) is 0 Å². The second-order valence-corrected chi connectivity index (χ2v) is 10.3. The maximum atomic E-state index is 12.5. The first-order valence-electron chi connectivity index (χ1n) is 11.5. The lowest BCUT2D eigenvalue weighted by Crippen LogP contribution is -2.45. The van der Waals surface area contributed by atoms with E-state index in [0.717, 1.165) is 55.5 Å². The lowest BCUT2D eigenvalue weighted by atomic mass is 9.96. The topological polar surface area (TPSA) is 137 Å². The van der Waals surface area contributed by atoms with Gasteiger partial charge in [-0.1, -0.05) is 37.5 Å². The van der Waals surface area contributed by atoms with Crippen molar-refractivity contribution in [3.63, 3.8) is 0 Å². The molecule has 0 saturated heterocycles. The number of benzene rings is 1. The van der Waals surface area contributed by atoms with E-state index in [0.29, 0.717) is 17.7 Å². The van der Waals surface area contributed by atoms with Crippen molar-refractivity contribution in [1.29, 1.82) is 0 Å². The minimum Gasteiger partial charge on any atom is -0.383 e. The van der Waals surface area contributed by atoms with Crippen molar-refractivity contribution in [2.24, 2.45) is 0 Å². The van der Waals surface area contributed by atoms with Gasteiger partial charge in [-0.15, -0.1) is 0 Å². The third-order valence-corrected chi connectivity index (χ3v) is 7.46. The lowest BCUT2D eigenvalue weighted by Gasteiger charge is -2.22. The number of amides is 5. The number of urea groups is 2. The summed E-state index contributed by atoms with van der Waals surface area (Å²) in [5.41, 5.74) is 1.97. The van der Waals surface area contributed by atoms with Crippen LogP contribution in [0.4, 0.5) is 9.59 Å². The molecule has 0 atom stereocenters. The molecule has 3 aliphatic rings. The average molecular weight is 488 g/mol. The van der Waals surface area contributed by atoms with Crippen LogP contribution in [0.15, 0.2) is 52.7 Å². The summed E-state index contributed by atoms with van der Waals surface area (Å²) in [6.45, 7) is 0.997. The number of carbonyl (C=O) groups is 3. The number of rotatable bonds is 6. The maximum absolute atomic E-state index is 12.5. The Balaban J connectivity index is 1.25. The third kappa shape index (κ3) is 5.58. The fourth-order valence-electron chi connectivity index (χ4n) is 4.29. The number of nitrogens with zero attached hydrogens (tertiary/aromatic N) is 1. The SMILES string of the molecule is O=C(NC1CCCCC1)NS(=O)(=O)c1ccc(CCNC(=O)N2C=C3NCCC=C3C2=O)cc1. The molecule has 11 heteroatoms. The van der Waals surface area contributed by atoms with Gasteiger partial charge < -0.3 is 16.0 Å². The summed E-state index contributed by atoms with van der Waals surface area (Å²) in [7, 11) is -3.98. The minimum absolute atomic E-state index is 0.00520. The van der Waals surface area contributed by atoms with Gasteiger partial charge in [0.1, 0.15) is 0 Å². The monoisotopic (exact) mass is 487 g/mol. The number of nitrogens with one attached hydrogen (secondary N) is 4. The van der Waals surface area contributed by atoms with Gasteiger partial charge in [0.2, 0.25) is 0 Å². The summed E-state index contributed by atoms with van der Waals surface area (Å²) < 4.78 is 27.1. The number of hydrogen-bond donors (Lipinski definition) is 4. The van der Waals surface area contributed by atoms with E-state index in [4.69, 9.17) is 0 Å². The Morgan fingerprint density at radius 3 is 2.53 bits per heavy atom. The number of fused-ring (bicyclic) bond motifs is 1. The molecule has 1 fully saturated rings. The summed E-state index contributed by atoms with van der Waals surface area (Å²) >= 11 is 0. The molecule has 0 radical (unpaired) electrons. The highest BCUT2D eigenvalue weighted by atomic mass is 32.2. The Morgan fingerprint density at radius 2 is 1.82 bits per heavy atom. The lowest BCUT2D eigenvalue weighted by molar-refractivity contribution is -0.121. The Kier molecular flexibility index (Phi) is 7.20. The van der Waals surface area contributed by atoms with E-state index in [9.17, 15) is 22.8 Å². The smallest absolute Gasteiger partial charge is 0.328 e. The van der Waals surface area contributed by atoms with Gasteiger partial charge in [0.15, 0.2) is 0 Å². The second kappa shape index (κ2) is 10.3. The quantitative estimate of drug-likeness (QED) is 0.484. The average Bonchev–Trinajstić information content (AvgIpc) is 3.16. The Morgan fingerprint density at radius 1 is 1.09 bits per heavy atom. The van der Waals surface area contributed by atoms with Crippen LogP contribution in [-0.2, 0) is 21.2 Å². The number of imide groups is 1. The van der Waals surface area contributed by atoms with Crippen LogP contribution in [0.1, 0.15) is 44.1 Å². The highest BCUT2D eigenvalue weighted by molar-refractivity contribution is 7.90. The van der Waals surface area contributed by atoms with Gasteiger partial charge in [-0.05, 0) is 43.4 Å². The van der Waals surface area contributed by atoms with E-state index in [-0.39, 0.29) is 23.4 Å². The minimum atomic E-state index is -3.98. The van der Waals surface area contributed by atoms with Crippen molar-refractivity contribution in [3.05, 3.63) is 53.4 Å².